The number of fused-ring (bicyclic) bond motifs is 1. The summed E-state index contributed by atoms with van der Waals surface area (Å²) in [7, 11) is 0. The van der Waals surface area contributed by atoms with Gasteiger partial charge in [-0.15, -0.1) is 0 Å². The van der Waals surface area contributed by atoms with Crippen LogP contribution in [0.5, 0.6) is 0 Å². The van der Waals surface area contributed by atoms with Gasteiger partial charge >= 0.3 is 6.17 Å². The minimum atomic E-state index is -0.180. The van der Waals surface area contributed by atoms with Gasteiger partial charge in [0.25, 0.3) is 0 Å². The van der Waals surface area contributed by atoms with Crippen molar-refractivity contribution < 1.29 is 4.79 Å². The highest BCUT2D eigenvalue weighted by Crippen LogP contribution is 2.49. The quantitative estimate of drug-likeness (QED) is 0.623. The molecule has 0 aromatic heterocycles. The molecule has 0 spiro atoms. The van der Waals surface area contributed by atoms with Crippen LogP contribution in [-0.2, 0) is 4.79 Å². The summed E-state index contributed by atoms with van der Waals surface area (Å²) in [6.07, 6.45) is 1.84. The largest absolute Gasteiger partial charge is 0.301 e. The molecule has 0 radical (unpaired) electrons. The van der Waals surface area contributed by atoms with Gasteiger partial charge in [0.05, 0.1) is 0 Å². The predicted molar refractivity (Wildman–Crippen MR) is 62.4 cm³/mol. The molecule has 3 heteroatoms. The molecule has 1 amide bonds. The molecule has 2 unspecified atom stereocenters. The number of rotatable bonds is 1. The summed E-state index contributed by atoms with van der Waals surface area (Å²) in [5.41, 5.74) is -0.0172. The monoisotopic (exact) mass is 220 g/mol. The number of hydrogen-bond acceptors (Lipinski definition) is 1. The first kappa shape index (κ1) is 11.4. The smallest absolute Gasteiger partial charge is 0.290 e. The number of likely N-dealkylation sites (tertiary alicyclic amines) is 1. The second-order valence-electron chi connectivity index (χ2n) is 6.24. The van der Waals surface area contributed by atoms with E-state index in [2.05, 4.69) is 25.6 Å². The molecule has 0 bridgehead atoms. The van der Waals surface area contributed by atoms with E-state index in [0.29, 0.717) is 12.0 Å². The summed E-state index contributed by atoms with van der Waals surface area (Å²) in [5, 5.41) is 0. The number of piperidine rings is 1. The van der Waals surface area contributed by atoms with Crippen LogP contribution in [0, 0.1) is 23.8 Å². The Hall–Kier alpha value is -1.04. The van der Waals surface area contributed by atoms with Crippen LogP contribution in [0.15, 0.2) is 0 Å². The van der Waals surface area contributed by atoms with Gasteiger partial charge in [0.2, 0.25) is 5.91 Å². The SMILES string of the molecule is [C-]#[N+][C@@H]1C[C@@H]2CC2N1C(=O)C(C)C(C)(C)C. The van der Waals surface area contributed by atoms with E-state index in [1.807, 2.05) is 11.8 Å². The lowest BCUT2D eigenvalue weighted by molar-refractivity contribution is -0.139. The molecular formula is C13H20N2O. The van der Waals surface area contributed by atoms with Crippen LogP contribution < -0.4 is 0 Å². The molecule has 2 fully saturated rings. The van der Waals surface area contributed by atoms with Crippen LogP contribution in [0.1, 0.15) is 40.5 Å². The van der Waals surface area contributed by atoms with E-state index in [9.17, 15) is 4.79 Å². The normalized spacial score (nSPS) is 34.2. The first-order valence-electron chi connectivity index (χ1n) is 6.05. The third kappa shape index (κ3) is 1.71. The Balaban J connectivity index is 2.13. The zero-order valence-corrected chi connectivity index (χ0v) is 10.5. The highest BCUT2D eigenvalue weighted by atomic mass is 16.2. The van der Waals surface area contributed by atoms with E-state index in [-0.39, 0.29) is 23.4 Å². The third-order valence-electron chi connectivity index (χ3n) is 4.15. The maximum atomic E-state index is 12.4. The second-order valence-corrected chi connectivity index (χ2v) is 6.24. The molecule has 1 saturated carbocycles. The van der Waals surface area contributed by atoms with Gasteiger partial charge in [-0.25, -0.2) is 6.57 Å². The fourth-order valence-corrected chi connectivity index (χ4v) is 2.45. The average molecular weight is 220 g/mol. The topological polar surface area (TPSA) is 24.7 Å². The Kier molecular flexibility index (Phi) is 2.49. The predicted octanol–water partition coefficient (Wildman–Crippen LogP) is 2.53. The van der Waals surface area contributed by atoms with Crippen LogP contribution in [0.2, 0.25) is 0 Å². The third-order valence-corrected chi connectivity index (χ3v) is 4.15. The molecular weight excluding hydrogens is 200 g/mol. The number of carbonyl (C=O) groups is 1. The van der Waals surface area contributed by atoms with E-state index < -0.39 is 0 Å². The van der Waals surface area contributed by atoms with E-state index in [1.165, 1.54) is 0 Å². The molecule has 0 aromatic rings. The van der Waals surface area contributed by atoms with Gasteiger partial charge in [-0.1, -0.05) is 27.7 Å². The molecule has 1 heterocycles. The minimum Gasteiger partial charge on any atom is -0.290 e. The lowest BCUT2D eigenvalue weighted by Gasteiger charge is -2.30. The van der Waals surface area contributed by atoms with Crippen molar-refractivity contribution in [2.45, 2.75) is 52.7 Å². The maximum Gasteiger partial charge on any atom is 0.301 e. The number of amides is 1. The Morgan fingerprint density at radius 3 is 2.56 bits per heavy atom. The fraction of sp³-hybridized carbons (Fsp3) is 0.846. The molecule has 0 N–H and O–H groups in total. The molecule has 1 aliphatic heterocycles. The molecule has 1 saturated heterocycles. The van der Waals surface area contributed by atoms with Gasteiger partial charge in [-0.05, 0) is 17.8 Å². The second kappa shape index (κ2) is 3.48. The summed E-state index contributed by atoms with van der Waals surface area (Å²) in [6, 6.07) is 0.386. The standard InChI is InChI=1S/C13H20N2O/c1-8(13(2,3)4)12(16)15-10-6-9(10)7-11(15)14-5/h8-11H,6-7H2,1-4H3/t8?,9-,10?,11-/m0/s1. The molecule has 3 nitrogen and oxygen atoms in total. The summed E-state index contributed by atoms with van der Waals surface area (Å²) >= 11 is 0. The van der Waals surface area contributed by atoms with E-state index in [4.69, 9.17) is 6.57 Å². The zero-order chi connectivity index (χ0) is 12.1. The van der Waals surface area contributed by atoms with Crippen molar-refractivity contribution in [1.82, 2.24) is 4.90 Å². The van der Waals surface area contributed by atoms with Crippen molar-refractivity contribution in [2.24, 2.45) is 17.3 Å². The van der Waals surface area contributed by atoms with Crippen molar-refractivity contribution in [1.29, 1.82) is 0 Å². The Bertz CT molecular complexity index is 350. The van der Waals surface area contributed by atoms with Crippen LogP contribution in [0.25, 0.3) is 4.85 Å². The summed E-state index contributed by atoms with van der Waals surface area (Å²) in [6.45, 7) is 15.4. The number of nitrogens with zero attached hydrogens (tertiary/aromatic N) is 2. The van der Waals surface area contributed by atoms with Crippen molar-refractivity contribution in [2.75, 3.05) is 0 Å². The van der Waals surface area contributed by atoms with Gasteiger partial charge in [-0.2, -0.15) is 0 Å². The fourth-order valence-electron chi connectivity index (χ4n) is 2.45. The first-order chi connectivity index (χ1) is 7.36. The van der Waals surface area contributed by atoms with Crippen molar-refractivity contribution >= 4 is 5.91 Å². The summed E-state index contributed by atoms with van der Waals surface area (Å²) in [4.78, 5) is 17.8. The Morgan fingerprint density at radius 2 is 2.06 bits per heavy atom. The molecule has 88 valence electrons. The molecule has 2 aliphatic rings. The van der Waals surface area contributed by atoms with Gasteiger partial charge < -0.3 is 0 Å². The van der Waals surface area contributed by atoms with Crippen molar-refractivity contribution in [3.05, 3.63) is 11.4 Å². The zero-order valence-electron chi connectivity index (χ0n) is 10.5. The van der Waals surface area contributed by atoms with Crippen LogP contribution in [0.3, 0.4) is 0 Å². The van der Waals surface area contributed by atoms with Crippen molar-refractivity contribution in [3.8, 4) is 0 Å². The Morgan fingerprint density at radius 1 is 1.44 bits per heavy atom. The summed E-state index contributed by atoms with van der Waals surface area (Å²) in [5.74, 6) is 0.796. The Labute approximate surface area is 97.6 Å². The lowest BCUT2D eigenvalue weighted by Crippen LogP contribution is -2.43. The molecule has 4 atom stereocenters. The number of hydrogen-bond donors (Lipinski definition) is 0. The highest BCUT2D eigenvalue weighted by molar-refractivity contribution is 5.81. The number of carbonyl (C=O) groups excluding carboxylic acids is 1. The van der Waals surface area contributed by atoms with Gasteiger partial charge in [-0.3, -0.25) is 14.5 Å². The average Bonchev–Trinajstić information content (AvgIpc) is 2.86. The summed E-state index contributed by atoms with van der Waals surface area (Å²) < 4.78 is 0. The van der Waals surface area contributed by atoms with E-state index in [0.717, 1.165) is 12.8 Å². The molecule has 16 heavy (non-hydrogen) atoms. The van der Waals surface area contributed by atoms with Crippen LogP contribution in [-0.4, -0.2) is 23.0 Å². The van der Waals surface area contributed by atoms with Gasteiger partial charge in [0.15, 0.2) is 0 Å². The first-order valence-corrected chi connectivity index (χ1v) is 6.05. The van der Waals surface area contributed by atoms with E-state index in [1.54, 1.807) is 0 Å². The lowest BCUT2D eigenvalue weighted by atomic mass is 9.81. The van der Waals surface area contributed by atoms with Gasteiger partial charge in [0, 0.05) is 18.4 Å². The minimum absolute atomic E-state index is 0.00361. The van der Waals surface area contributed by atoms with Crippen molar-refractivity contribution in [3.63, 3.8) is 0 Å². The van der Waals surface area contributed by atoms with E-state index >= 15 is 0 Å². The van der Waals surface area contributed by atoms with Crippen LogP contribution in [0.4, 0.5) is 0 Å². The molecule has 2 rings (SSSR count). The molecule has 1 aliphatic carbocycles. The van der Waals surface area contributed by atoms with Crippen LogP contribution >= 0.6 is 0 Å². The van der Waals surface area contributed by atoms with Gasteiger partial charge in [0.1, 0.15) is 0 Å². The highest BCUT2D eigenvalue weighted by Gasteiger charge is 2.58. The molecule has 0 aromatic carbocycles. The maximum absolute atomic E-state index is 12.4.